The minimum atomic E-state index is -3.94. The van der Waals surface area contributed by atoms with E-state index in [-0.39, 0.29) is 12.2 Å². The van der Waals surface area contributed by atoms with Crippen LogP contribution in [-0.4, -0.2) is 36.4 Å². The molecule has 0 saturated carbocycles. The van der Waals surface area contributed by atoms with E-state index < -0.39 is 33.4 Å². The minimum Gasteiger partial charge on any atom is -0.477 e. The molecule has 1 N–H and O–H groups in total. The van der Waals surface area contributed by atoms with Crippen molar-refractivity contribution in [2.75, 3.05) is 5.75 Å². The average Bonchev–Trinajstić information content (AvgIpc) is 2.30. The largest absolute Gasteiger partial charge is 0.477 e. The van der Waals surface area contributed by atoms with Crippen LogP contribution in [0.3, 0.4) is 0 Å². The molecule has 82 valence electrons. The predicted molar refractivity (Wildman–Crippen MR) is 44.0 cm³/mol. The lowest BCUT2D eigenvalue weighted by Crippen LogP contribution is -2.34. The van der Waals surface area contributed by atoms with Gasteiger partial charge in [-0.25, -0.2) is 13.2 Å². The second kappa shape index (κ2) is 3.45. The summed E-state index contributed by atoms with van der Waals surface area (Å²) in [4.78, 5) is 10.1. The van der Waals surface area contributed by atoms with Crippen molar-refractivity contribution in [3.05, 3.63) is 0 Å². The molecule has 0 spiro atoms. The van der Waals surface area contributed by atoms with Crippen LogP contribution in [0.1, 0.15) is 19.3 Å². The maximum atomic E-state index is 12.7. The van der Waals surface area contributed by atoms with Gasteiger partial charge < -0.3 is 5.11 Å². The standard InChI is InChI=1S/C7H10F2O4S/c8-7(9,6(10)11)4-5-2-1-3-14(5,12)13/h5H,1-4H2,(H,10,11). The molecule has 4 nitrogen and oxygen atoms in total. The van der Waals surface area contributed by atoms with Crippen molar-refractivity contribution in [1.29, 1.82) is 0 Å². The van der Waals surface area contributed by atoms with Crippen LogP contribution >= 0.6 is 0 Å². The smallest absolute Gasteiger partial charge is 0.374 e. The summed E-state index contributed by atoms with van der Waals surface area (Å²) >= 11 is 0. The predicted octanol–water partition coefficient (Wildman–Crippen LogP) is 0.674. The van der Waals surface area contributed by atoms with E-state index in [1.807, 2.05) is 0 Å². The Morgan fingerprint density at radius 2 is 2.07 bits per heavy atom. The first kappa shape index (κ1) is 11.4. The van der Waals surface area contributed by atoms with Crippen LogP contribution in [-0.2, 0) is 14.6 Å². The Hall–Kier alpha value is -0.720. The molecule has 0 aromatic heterocycles. The van der Waals surface area contributed by atoms with Crippen molar-refractivity contribution in [1.82, 2.24) is 0 Å². The monoisotopic (exact) mass is 228 g/mol. The molecule has 0 aliphatic carbocycles. The van der Waals surface area contributed by atoms with Crippen molar-refractivity contribution >= 4 is 15.8 Å². The zero-order chi connectivity index (χ0) is 11.0. The third-order valence-electron chi connectivity index (χ3n) is 2.26. The number of hydrogen-bond acceptors (Lipinski definition) is 3. The topological polar surface area (TPSA) is 71.4 Å². The van der Waals surface area contributed by atoms with E-state index in [0.29, 0.717) is 6.42 Å². The summed E-state index contributed by atoms with van der Waals surface area (Å²) in [5.74, 6) is -6.32. The Morgan fingerprint density at radius 1 is 1.50 bits per heavy atom. The van der Waals surface area contributed by atoms with E-state index in [1.165, 1.54) is 0 Å². The number of carboxylic acid groups (broad SMARTS) is 1. The molecular weight excluding hydrogens is 218 g/mol. The van der Waals surface area contributed by atoms with Gasteiger partial charge in [-0.1, -0.05) is 0 Å². The first-order valence-corrected chi connectivity index (χ1v) is 5.80. The Balaban J connectivity index is 2.75. The molecule has 1 atom stereocenters. The molecule has 0 aromatic carbocycles. The fourth-order valence-corrected chi connectivity index (χ4v) is 3.35. The lowest BCUT2D eigenvalue weighted by Gasteiger charge is -2.15. The molecule has 1 rings (SSSR count). The number of carboxylic acids is 1. The number of alkyl halides is 2. The highest BCUT2D eigenvalue weighted by Crippen LogP contribution is 2.30. The summed E-state index contributed by atoms with van der Waals surface area (Å²) in [6.45, 7) is 0. The normalized spacial score (nSPS) is 26.3. The third kappa shape index (κ3) is 2.20. The highest BCUT2D eigenvalue weighted by atomic mass is 32.2. The maximum absolute atomic E-state index is 12.7. The average molecular weight is 228 g/mol. The molecule has 0 radical (unpaired) electrons. The van der Waals surface area contributed by atoms with Gasteiger partial charge in [-0.2, -0.15) is 8.78 Å². The molecular formula is C7H10F2O4S. The molecule has 7 heteroatoms. The van der Waals surface area contributed by atoms with Crippen LogP contribution in [0.15, 0.2) is 0 Å². The SMILES string of the molecule is O=C(O)C(F)(F)CC1CCCS1(=O)=O. The number of rotatable bonds is 3. The van der Waals surface area contributed by atoms with Gasteiger partial charge in [-0.05, 0) is 12.8 Å². The van der Waals surface area contributed by atoms with Crippen LogP contribution < -0.4 is 0 Å². The third-order valence-corrected chi connectivity index (χ3v) is 4.54. The van der Waals surface area contributed by atoms with E-state index in [4.69, 9.17) is 5.11 Å². The van der Waals surface area contributed by atoms with Gasteiger partial charge in [0.1, 0.15) is 0 Å². The molecule has 1 aliphatic rings. The Morgan fingerprint density at radius 3 is 2.43 bits per heavy atom. The lowest BCUT2D eigenvalue weighted by molar-refractivity contribution is -0.165. The van der Waals surface area contributed by atoms with Gasteiger partial charge in [0.25, 0.3) is 0 Å². The second-order valence-corrected chi connectivity index (χ2v) is 5.75. The van der Waals surface area contributed by atoms with Gasteiger partial charge >= 0.3 is 11.9 Å². The molecule has 0 aromatic rings. The first-order valence-electron chi connectivity index (χ1n) is 4.08. The van der Waals surface area contributed by atoms with E-state index in [2.05, 4.69) is 0 Å². The van der Waals surface area contributed by atoms with Gasteiger partial charge in [0.05, 0.1) is 11.0 Å². The fraction of sp³-hybridized carbons (Fsp3) is 0.857. The van der Waals surface area contributed by atoms with Gasteiger partial charge in [-0.15, -0.1) is 0 Å². The number of sulfone groups is 1. The van der Waals surface area contributed by atoms with E-state index in [0.717, 1.165) is 0 Å². The number of halogens is 2. The lowest BCUT2D eigenvalue weighted by atomic mass is 10.1. The van der Waals surface area contributed by atoms with Crippen molar-refractivity contribution in [3.63, 3.8) is 0 Å². The number of hydrogen-bond donors (Lipinski definition) is 1. The summed E-state index contributed by atoms with van der Waals surface area (Å²) in [5, 5.41) is 6.93. The fourth-order valence-electron chi connectivity index (χ4n) is 1.46. The number of aliphatic carboxylic acids is 1. The zero-order valence-electron chi connectivity index (χ0n) is 7.24. The minimum absolute atomic E-state index is 0.118. The zero-order valence-corrected chi connectivity index (χ0v) is 8.06. The second-order valence-electron chi connectivity index (χ2n) is 3.34. The van der Waals surface area contributed by atoms with Crippen molar-refractivity contribution in [2.45, 2.75) is 30.4 Å². The summed E-state index contributed by atoms with van der Waals surface area (Å²) in [7, 11) is -3.50. The van der Waals surface area contributed by atoms with Crippen LogP contribution in [0.2, 0.25) is 0 Å². The molecule has 1 saturated heterocycles. The Labute approximate surface area is 79.8 Å². The van der Waals surface area contributed by atoms with Gasteiger partial charge in [0, 0.05) is 6.42 Å². The molecule has 0 bridgehead atoms. The van der Waals surface area contributed by atoms with Crippen LogP contribution in [0.5, 0.6) is 0 Å². The van der Waals surface area contributed by atoms with Crippen LogP contribution in [0.4, 0.5) is 8.78 Å². The van der Waals surface area contributed by atoms with Crippen molar-refractivity contribution in [2.24, 2.45) is 0 Å². The molecule has 1 aliphatic heterocycles. The first-order chi connectivity index (χ1) is 6.26. The Bertz CT molecular complexity index is 336. The van der Waals surface area contributed by atoms with E-state index in [9.17, 15) is 22.0 Å². The Kier molecular flexibility index (Phi) is 2.80. The van der Waals surface area contributed by atoms with Crippen LogP contribution in [0.25, 0.3) is 0 Å². The van der Waals surface area contributed by atoms with Gasteiger partial charge in [-0.3, -0.25) is 0 Å². The molecule has 1 fully saturated rings. The highest BCUT2D eigenvalue weighted by Gasteiger charge is 2.46. The molecule has 14 heavy (non-hydrogen) atoms. The maximum Gasteiger partial charge on any atom is 0.374 e. The quantitative estimate of drug-likeness (QED) is 0.770. The van der Waals surface area contributed by atoms with Gasteiger partial charge in [0.2, 0.25) is 0 Å². The molecule has 0 amide bonds. The van der Waals surface area contributed by atoms with E-state index in [1.54, 1.807) is 0 Å². The highest BCUT2D eigenvalue weighted by molar-refractivity contribution is 7.92. The van der Waals surface area contributed by atoms with Crippen molar-refractivity contribution < 1.29 is 27.1 Å². The molecule has 1 unspecified atom stereocenters. The van der Waals surface area contributed by atoms with Gasteiger partial charge in [0.15, 0.2) is 9.84 Å². The van der Waals surface area contributed by atoms with Crippen LogP contribution in [0, 0.1) is 0 Å². The molecule has 1 heterocycles. The summed E-state index contributed by atoms with van der Waals surface area (Å²) in [6, 6.07) is 0. The summed E-state index contributed by atoms with van der Waals surface area (Å²) < 4.78 is 47.6. The van der Waals surface area contributed by atoms with Crippen molar-refractivity contribution in [3.8, 4) is 0 Å². The van der Waals surface area contributed by atoms with E-state index >= 15 is 0 Å². The summed E-state index contributed by atoms with van der Waals surface area (Å²) in [6.07, 6.45) is -0.640. The summed E-state index contributed by atoms with van der Waals surface area (Å²) in [5.41, 5.74) is 0. The number of carbonyl (C=O) groups is 1.